The summed E-state index contributed by atoms with van der Waals surface area (Å²) >= 11 is 5.92. The minimum absolute atomic E-state index is 0.0938. The third-order valence-corrected chi connectivity index (χ3v) is 2.17. The van der Waals surface area contributed by atoms with Gasteiger partial charge in [-0.15, -0.1) is 0 Å². The van der Waals surface area contributed by atoms with Crippen LogP contribution in [0.3, 0.4) is 0 Å². The van der Waals surface area contributed by atoms with Gasteiger partial charge in [0, 0.05) is 11.6 Å². The summed E-state index contributed by atoms with van der Waals surface area (Å²) in [6.45, 7) is 6.50. The summed E-state index contributed by atoms with van der Waals surface area (Å²) in [5.41, 5.74) is 6.52. The van der Waals surface area contributed by atoms with Crippen LogP contribution < -0.4 is 5.73 Å². The van der Waals surface area contributed by atoms with Gasteiger partial charge in [-0.3, -0.25) is 0 Å². The lowest BCUT2D eigenvalue weighted by Gasteiger charge is -2.27. The van der Waals surface area contributed by atoms with Crippen molar-refractivity contribution >= 4 is 11.6 Å². The summed E-state index contributed by atoms with van der Waals surface area (Å²) < 4.78 is 5.84. The fraction of sp³-hybridized carbons (Fsp3) is 0.500. The maximum atomic E-state index is 5.92. The SMILES string of the molecule is CC(C)(C)OC(CN)c1cccc(Cl)c1. The van der Waals surface area contributed by atoms with Gasteiger partial charge in [0.2, 0.25) is 0 Å². The highest BCUT2D eigenvalue weighted by molar-refractivity contribution is 6.30. The first-order valence-corrected chi connectivity index (χ1v) is 5.43. The molecule has 1 unspecified atom stereocenters. The van der Waals surface area contributed by atoms with Crippen LogP contribution in [-0.2, 0) is 4.74 Å². The van der Waals surface area contributed by atoms with Gasteiger partial charge in [0.15, 0.2) is 0 Å². The van der Waals surface area contributed by atoms with Gasteiger partial charge in [-0.1, -0.05) is 23.7 Å². The number of benzene rings is 1. The second-order valence-corrected chi connectivity index (χ2v) is 4.95. The highest BCUT2D eigenvalue weighted by atomic mass is 35.5. The Kier molecular flexibility index (Phi) is 4.14. The van der Waals surface area contributed by atoms with Crippen molar-refractivity contribution < 1.29 is 4.74 Å². The molecule has 3 heteroatoms. The van der Waals surface area contributed by atoms with Crippen molar-refractivity contribution in [3.05, 3.63) is 34.9 Å². The monoisotopic (exact) mass is 227 g/mol. The van der Waals surface area contributed by atoms with E-state index < -0.39 is 0 Å². The Labute approximate surface area is 96.4 Å². The molecule has 0 bridgehead atoms. The minimum atomic E-state index is -0.202. The standard InChI is InChI=1S/C12H18ClNO/c1-12(2,3)15-11(8-14)9-5-4-6-10(13)7-9/h4-7,11H,8,14H2,1-3H3. The molecule has 1 rings (SSSR count). The third kappa shape index (κ3) is 4.20. The molecule has 0 aliphatic heterocycles. The molecule has 0 amide bonds. The molecule has 0 aliphatic carbocycles. The number of ether oxygens (including phenoxy) is 1. The van der Waals surface area contributed by atoms with E-state index >= 15 is 0 Å². The number of nitrogens with two attached hydrogens (primary N) is 1. The summed E-state index contributed by atoms with van der Waals surface area (Å²) in [4.78, 5) is 0. The minimum Gasteiger partial charge on any atom is -0.367 e. The molecule has 2 nitrogen and oxygen atoms in total. The van der Waals surface area contributed by atoms with Crippen molar-refractivity contribution in [1.82, 2.24) is 0 Å². The molecule has 0 heterocycles. The second-order valence-electron chi connectivity index (χ2n) is 4.51. The molecule has 0 spiro atoms. The van der Waals surface area contributed by atoms with Crippen LogP contribution in [0.4, 0.5) is 0 Å². The van der Waals surface area contributed by atoms with Crippen LogP contribution in [0.2, 0.25) is 5.02 Å². The van der Waals surface area contributed by atoms with Crippen molar-refractivity contribution in [3.63, 3.8) is 0 Å². The summed E-state index contributed by atoms with van der Waals surface area (Å²) in [6, 6.07) is 7.63. The quantitative estimate of drug-likeness (QED) is 0.861. The number of halogens is 1. The molecule has 0 saturated heterocycles. The Bertz CT molecular complexity index is 320. The Morgan fingerprint density at radius 1 is 1.40 bits per heavy atom. The van der Waals surface area contributed by atoms with Crippen LogP contribution in [0.25, 0.3) is 0 Å². The van der Waals surface area contributed by atoms with Crippen molar-refractivity contribution in [2.75, 3.05) is 6.54 Å². The number of hydrogen-bond donors (Lipinski definition) is 1. The van der Waals surface area contributed by atoms with E-state index in [2.05, 4.69) is 0 Å². The zero-order valence-electron chi connectivity index (χ0n) is 9.46. The molecule has 0 aromatic heterocycles. The molecular weight excluding hydrogens is 210 g/mol. The van der Waals surface area contributed by atoms with Gasteiger partial charge in [-0.25, -0.2) is 0 Å². The zero-order chi connectivity index (χ0) is 11.5. The van der Waals surface area contributed by atoms with Crippen molar-refractivity contribution in [1.29, 1.82) is 0 Å². The maximum absolute atomic E-state index is 5.92. The van der Waals surface area contributed by atoms with Gasteiger partial charge in [0.05, 0.1) is 11.7 Å². The summed E-state index contributed by atoms with van der Waals surface area (Å²) in [5, 5.41) is 0.712. The summed E-state index contributed by atoms with van der Waals surface area (Å²) in [5.74, 6) is 0. The van der Waals surface area contributed by atoms with Crippen molar-refractivity contribution in [3.8, 4) is 0 Å². The Morgan fingerprint density at radius 3 is 2.53 bits per heavy atom. The average molecular weight is 228 g/mol. The normalized spacial score (nSPS) is 13.9. The first kappa shape index (κ1) is 12.5. The van der Waals surface area contributed by atoms with Crippen LogP contribution in [0, 0.1) is 0 Å². The molecule has 84 valence electrons. The van der Waals surface area contributed by atoms with E-state index in [4.69, 9.17) is 22.1 Å². The zero-order valence-corrected chi connectivity index (χ0v) is 10.2. The average Bonchev–Trinajstić information content (AvgIpc) is 2.13. The molecule has 0 saturated carbocycles. The fourth-order valence-corrected chi connectivity index (χ4v) is 1.58. The van der Waals surface area contributed by atoms with E-state index in [1.165, 1.54) is 0 Å². The van der Waals surface area contributed by atoms with Gasteiger partial charge < -0.3 is 10.5 Å². The topological polar surface area (TPSA) is 35.2 Å². The predicted octanol–water partition coefficient (Wildman–Crippen LogP) is 3.15. The van der Waals surface area contributed by atoms with E-state index in [1.54, 1.807) is 0 Å². The first-order chi connectivity index (χ1) is 6.92. The molecule has 2 N–H and O–H groups in total. The fourth-order valence-electron chi connectivity index (χ4n) is 1.39. The second kappa shape index (κ2) is 4.97. The lowest BCUT2D eigenvalue weighted by molar-refractivity contribution is -0.0572. The van der Waals surface area contributed by atoms with E-state index in [0.29, 0.717) is 11.6 Å². The smallest absolute Gasteiger partial charge is 0.0954 e. The van der Waals surface area contributed by atoms with Crippen molar-refractivity contribution in [2.24, 2.45) is 5.73 Å². The van der Waals surface area contributed by atoms with Crippen LogP contribution in [0.1, 0.15) is 32.4 Å². The lowest BCUT2D eigenvalue weighted by Crippen LogP contribution is -2.27. The maximum Gasteiger partial charge on any atom is 0.0954 e. The largest absolute Gasteiger partial charge is 0.367 e. The van der Waals surface area contributed by atoms with Gasteiger partial charge in [0.1, 0.15) is 0 Å². The van der Waals surface area contributed by atoms with Crippen LogP contribution in [0.5, 0.6) is 0 Å². The van der Waals surface area contributed by atoms with Gasteiger partial charge in [-0.05, 0) is 38.5 Å². The Hall–Kier alpha value is -0.570. The molecule has 15 heavy (non-hydrogen) atoms. The third-order valence-electron chi connectivity index (χ3n) is 1.93. The van der Waals surface area contributed by atoms with Crippen LogP contribution in [0.15, 0.2) is 24.3 Å². The van der Waals surface area contributed by atoms with Crippen LogP contribution >= 0.6 is 11.6 Å². The number of hydrogen-bond acceptors (Lipinski definition) is 2. The molecular formula is C12H18ClNO. The molecule has 0 fully saturated rings. The highest BCUT2D eigenvalue weighted by Crippen LogP contribution is 2.24. The first-order valence-electron chi connectivity index (χ1n) is 5.06. The number of rotatable bonds is 3. The predicted molar refractivity (Wildman–Crippen MR) is 64.1 cm³/mol. The molecule has 0 aliphatic rings. The van der Waals surface area contributed by atoms with Gasteiger partial charge in [0.25, 0.3) is 0 Å². The van der Waals surface area contributed by atoms with Crippen molar-refractivity contribution in [2.45, 2.75) is 32.5 Å². The van der Waals surface area contributed by atoms with Gasteiger partial charge in [-0.2, -0.15) is 0 Å². The highest BCUT2D eigenvalue weighted by Gasteiger charge is 2.19. The Morgan fingerprint density at radius 2 is 2.07 bits per heavy atom. The molecule has 0 radical (unpaired) electrons. The molecule has 1 atom stereocenters. The van der Waals surface area contributed by atoms with E-state index in [1.807, 2.05) is 45.0 Å². The van der Waals surface area contributed by atoms with Gasteiger partial charge >= 0.3 is 0 Å². The Balaban J connectivity index is 2.83. The molecule has 1 aromatic rings. The van der Waals surface area contributed by atoms with E-state index in [0.717, 1.165) is 5.56 Å². The van der Waals surface area contributed by atoms with E-state index in [9.17, 15) is 0 Å². The summed E-state index contributed by atoms with van der Waals surface area (Å²) in [6.07, 6.45) is -0.0938. The van der Waals surface area contributed by atoms with E-state index in [-0.39, 0.29) is 11.7 Å². The molecule has 1 aromatic carbocycles. The lowest BCUT2D eigenvalue weighted by atomic mass is 10.1. The van der Waals surface area contributed by atoms with Crippen LogP contribution in [-0.4, -0.2) is 12.1 Å². The summed E-state index contributed by atoms with van der Waals surface area (Å²) in [7, 11) is 0.